The first kappa shape index (κ1) is 23.6. The summed E-state index contributed by atoms with van der Waals surface area (Å²) in [5, 5.41) is 13.4. The molecule has 0 fully saturated rings. The number of carbonyl (C=O) groups is 1. The molecule has 4 aromatic rings. The molecule has 0 spiro atoms. The summed E-state index contributed by atoms with van der Waals surface area (Å²) < 4.78 is 28.1. The molecule has 0 radical (unpaired) electrons. The Balaban J connectivity index is 1.55. The van der Waals surface area contributed by atoms with Crippen LogP contribution in [0.1, 0.15) is 21.5 Å². The zero-order valence-corrected chi connectivity index (χ0v) is 19.9. The number of benzene rings is 4. The SMILES string of the molecule is N#Cc1ccc(CNC(=O)c2cccc3cc(NS(=O)(=O)c4cc(Cl)ccc4Cl)ccc23)cc1. The van der Waals surface area contributed by atoms with E-state index < -0.39 is 10.0 Å². The van der Waals surface area contributed by atoms with Gasteiger partial charge in [-0.25, -0.2) is 8.42 Å². The summed E-state index contributed by atoms with van der Waals surface area (Å²) >= 11 is 12.0. The fourth-order valence-electron chi connectivity index (χ4n) is 3.41. The second-order valence-corrected chi connectivity index (χ2v) is 9.91. The lowest BCUT2D eigenvalue weighted by atomic mass is 10.0. The number of sulfonamides is 1. The molecular formula is C25H17Cl2N3O3S. The normalized spacial score (nSPS) is 11.1. The molecule has 4 rings (SSSR count). The van der Waals surface area contributed by atoms with Gasteiger partial charge >= 0.3 is 0 Å². The molecule has 0 aromatic heterocycles. The number of hydrogen-bond acceptors (Lipinski definition) is 4. The van der Waals surface area contributed by atoms with Crippen molar-refractivity contribution in [3.8, 4) is 6.07 Å². The number of hydrogen-bond donors (Lipinski definition) is 2. The van der Waals surface area contributed by atoms with Gasteiger partial charge in [0.25, 0.3) is 15.9 Å². The smallest absolute Gasteiger partial charge is 0.263 e. The zero-order chi connectivity index (χ0) is 24.3. The molecule has 0 aliphatic carbocycles. The Hall–Kier alpha value is -3.57. The predicted molar refractivity (Wildman–Crippen MR) is 134 cm³/mol. The highest BCUT2D eigenvalue weighted by molar-refractivity contribution is 7.92. The molecule has 170 valence electrons. The summed E-state index contributed by atoms with van der Waals surface area (Å²) in [5.41, 5.74) is 2.19. The molecule has 2 N–H and O–H groups in total. The number of halogens is 2. The maximum absolute atomic E-state index is 12.8. The first-order valence-corrected chi connectivity index (χ1v) is 12.3. The van der Waals surface area contributed by atoms with Gasteiger partial charge in [-0.15, -0.1) is 0 Å². The van der Waals surface area contributed by atoms with E-state index in [1.54, 1.807) is 60.7 Å². The van der Waals surface area contributed by atoms with E-state index in [1.807, 2.05) is 0 Å². The van der Waals surface area contributed by atoms with Crippen LogP contribution in [0.5, 0.6) is 0 Å². The lowest BCUT2D eigenvalue weighted by molar-refractivity contribution is 0.0952. The highest BCUT2D eigenvalue weighted by Crippen LogP contribution is 2.28. The van der Waals surface area contributed by atoms with E-state index in [9.17, 15) is 13.2 Å². The van der Waals surface area contributed by atoms with Crippen LogP contribution in [0.4, 0.5) is 5.69 Å². The fourth-order valence-corrected chi connectivity index (χ4v) is 5.23. The number of nitrogens with one attached hydrogen (secondary N) is 2. The number of amides is 1. The van der Waals surface area contributed by atoms with Crippen molar-refractivity contribution < 1.29 is 13.2 Å². The Bertz CT molecular complexity index is 1550. The Kier molecular flexibility index (Phi) is 6.75. The second-order valence-electron chi connectivity index (χ2n) is 7.41. The van der Waals surface area contributed by atoms with Crippen molar-refractivity contribution in [1.82, 2.24) is 5.32 Å². The van der Waals surface area contributed by atoms with Gasteiger partial charge in [0, 0.05) is 22.8 Å². The van der Waals surface area contributed by atoms with Crippen molar-refractivity contribution in [2.24, 2.45) is 0 Å². The maximum Gasteiger partial charge on any atom is 0.263 e. The topological polar surface area (TPSA) is 99.1 Å². The number of nitrogens with zero attached hydrogens (tertiary/aromatic N) is 1. The number of anilines is 1. The van der Waals surface area contributed by atoms with Gasteiger partial charge in [-0.05, 0) is 64.9 Å². The third kappa shape index (κ3) is 5.15. The number of rotatable bonds is 6. The van der Waals surface area contributed by atoms with Gasteiger partial charge < -0.3 is 5.32 Å². The van der Waals surface area contributed by atoms with Gasteiger partial charge in [0.2, 0.25) is 0 Å². The molecule has 9 heteroatoms. The standard InChI is InChI=1S/C25H17Cl2N3O3S/c26-19-8-11-23(27)24(13-19)34(32,33)30-20-9-10-21-18(12-20)2-1-3-22(21)25(31)29-15-17-6-4-16(14-28)5-7-17/h1-13,30H,15H2,(H,29,31). The van der Waals surface area contributed by atoms with E-state index in [-0.39, 0.29) is 20.8 Å². The monoisotopic (exact) mass is 509 g/mol. The third-order valence-corrected chi connectivity index (χ3v) is 7.19. The minimum atomic E-state index is -3.97. The average molecular weight is 510 g/mol. The van der Waals surface area contributed by atoms with Crippen molar-refractivity contribution in [2.45, 2.75) is 11.4 Å². The van der Waals surface area contributed by atoms with Gasteiger partial charge in [0.1, 0.15) is 4.90 Å². The van der Waals surface area contributed by atoms with Crippen molar-refractivity contribution in [3.05, 3.63) is 106 Å². The summed E-state index contributed by atoms with van der Waals surface area (Å²) in [6.07, 6.45) is 0. The van der Waals surface area contributed by atoms with Crippen LogP contribution in [0, 0.1) is 11.3 Å². The highest BCUT2D eigenvalue weighted by atomic mass is 35.5. The van der Waals surface area contributed by atoms with E-state index in [4.69, 9.17) is 28.5 Å². The third-order valence-electron chi connectivity index (χ3n) is 5.10. The Morgan fingerprint density at radius 2 is 1.71 bits per heavy atom. The summed E-state index contributed by atoms with van der Waals surface area (Å²) in [4.78, 5) is 12.7. The molecule has 0 atom stereocenters. The lowest BCUT2D eigenvalue weighted by Gasteiger charge is -2.12. The number of nitriles is 1. The highest BCUT2D eigenvalue weighted by Gasteiger charge is 2.19. The van der Waals surface area contributed by atoms with Crippen LogP contribution in [0.25, 0.3) is 10.8 Å². The average Bonchev–Trinajstić information content (AvgIpc) is 2.83. The molecule has 0 bridgehead atoms. The van der Waals surface area contributed by atoms with Crippen LogP contribution >= 0.6 is 23.2 Å². The van der Waals surface area contributed by atoms with Crippen molar-refractivity contribution in [2.75, 3.05) is 4.72 Å². The first-order chi connectivity index (χ1) is 16.3. The molecule has 0 aliphatic rings. The Labute approximate surface area is 206 Å². The molecule has 0 heterocycles. The summed E-state index contributed by atoms with van der Waals surface area (Å²) in [6, 6.07) is 23.3. The van der Waals surface area contributed by atoms with E-state index in [0.29, 0.717) is 34.1 Å². The van der Waals surface area contributed by atoms with Gasteiger partial charge in [0.15, 0.2) is 0 Å². The lowest BCUT2D eigenvalue weighted by Crippen LogP contribution is -2.23. The van der Waals surface area contributed by atoms with Crippen molar-refractivity contribution in [1.29, 1.82) is 5.26 Å². The van der Waals surface area contributed by atoms with Crippen LogP contribution < -0.4 is 10.0 Å². The molecule has 0 unspecified atom stereocenters. The van der Waals surface area contributed by atoms with Gasteiger partial charge in [-0.1, -0.05) is 53.5 Å². The molecule has 0 saturated carbocycles. The Morgan fingerprint density at radius 3 is 2.44 bits per heavy atom. The summed E-state index contributed by atoms with van der Waals surface area (Å²) in [5.74, 6) is -0.269. The second kappa shape index (κ2) is 9.74. The van der Waals surface area contributed by atoms with Crippen LogP contribution in [0.3, 0.4) is 0 Å². The fraction of sp³-hybridized carbons (Fsp3) is 0.0400. The van der Waals surface area contributed by atoms with Crippen LogP contribution in [-0.2, 0) is 16.6 Å². The van der Waals surface area contributed by atoms with E-state index in [2.05, 4.69) is 16.1 Å². The Morgan fingerprint density at radius 1 is 0.941 bits per heavy atom. The molecule has 0 aliphatic heterocycles. The van der Waals surface area contributed by atoms with E-state index in [1.165, 1.54) is 18.2 Å². The molecule has 1 amide bonds. The van der Waals surface area contributed by atoms with Gasteiger partial charge in [-0.2, -0.15) is 5.26 Å². The predicted octanol–water partition coefficient (Wildman–Crippen LogP) is 5.75. The minimum Gasteiger partial charge on any atom is -0.348 e. The largest absolute Gasteiger partial charge is 0.348 e. The minimum absolute atomic E-state index is 0.0545. The molecule has 4 aromatic carbocycles. The molecule has 34 heavy (non-hydrogen) atoms. The molecule has 0 saturated heterocycles. The van der Waals surface area contributed by atoms with Crippen LogP contribution in [-0.4, -0.2) is 14.3 Å². The summed E-state index contributed by atoms with van der Waals surface area (Å²) in [6.45, 7) is 0.305. The number of carbonyl (C=O) groups excluding carboxylic acids is 1. The van der Waals surface area contributed by atoms with E-state index in [0.717, 1.165) is 5.56 Å². The van der Waals surface area contributed by atoms with Crippen LogP contribution in [0.2, 0.25) is 10.0 Å². The maximum atomic E-state index is 12.8. The van der Waals surface area contributed by atoms with Crippen molar-refractivity contribution in [3.63, 3.8) is 0 Å². The number of fused-ring (bicyclic) bond motifs is 1. The zero-order valence-electron chi connectivity index (χ0n) is 17.5. The van der Waals surface area contributed by atoms with Gasteiger partial charge in [0.05, 0.1) is 16.7 Å². The molecular weight excluding hydrogens is 493 g/mol. The van der Waals surface area contributed by atoms with Gasteiger partial charge in [-0.3, -0.25) is 9.52 Å². The van der Waals surface area contributed by atoms with Crippen LogP contribution in [0.15, 0.2) is 83.8 Å². The quantitative estimate of drug-likeness (QED) is 0.345. The summed E-state index contributed by atoms with van der Waals surface area (Å²) in [7, 11) is -3.97. The van der Waals surface area contributed by atoms with Crippen molar-refractivity contribution >= 4 is 55.6 Å². The molecule has 6 nitrogen and oxygen atoms in total. The first-order valence-electron chi connectivity index (χ1n) is 10.0. The van der Waals surface area contributed by atoms with E-state index >= 15 is 0 Å².